The van der Waals surface area contributed by atoms with Gasteiger partial charge in [0.2, 0.25) is 0 Å². The quantitative estimate of drug-likeness (QED) is 0.878. The van der Waals surface area contributed by atoms with Gasteiger partial charge in [-0.05, 0) is 37.4 Å². The molecule has 0 radical (unpaired) electrons. The molecule has 4 heteroatoms. The van der Waals surface area contributed by atoms with Crippen molar-refractivity contribution in [2.24, 2.45) is 5.92 Å². The summed E-state index contributed by atoms with van der Waals surface area (Å²) in [5, 5.41) is 2.95. The van der Waals surface area contributed by atoms with Gasteiger partial charge in [0.15, 0.2) is 0 Å². The molecule has 1 N–H and O–H groups in total. The van der Waals surface area contributed by atoms with E-state index in [0.717, 1.165) is 25.6 Å². The summed E-state index contributed by atoms with van der Waals surface area (Å²) in [4.78, 5) is 18.1. The zero-order valence-corrected chi connectivity index (χ0v) is 10.9. The maximum Gasteiger partial charge on any atom is 0.251 e. The van der Waals surface area contributed by atoms with E-state index in [2.05, 4.69) is 22.1 Å². The topological polar surface area (TPSA) is 45.2 Å². The van der Waals surface area contributed by atoms with Crippen LogP contribution in [0, 0.1) is 5.92 Å². The Bertz CT molecular complexity index is 380. The lowest BCUT2D eigenvalue weighted by atomic mass is 10.0. The maximum absolute atomic E-state index is 11.8. The third kappa shape index (κ3) is 3.81. The smallest absolute Gasteiger partial charge is 0.251 e. The third-order valence-electron chi connectivity index (χ3n) is 3.40. The molecule has 18 heavy (non-hydrogen) atoms. The van der Waals surface area contributed by atoms with Crippen molar-refractivity contribution >= 4 is 5.91 Å². The Labute approximate surface area is 108 Å². The number of aromatic nitrogens is 1. The van der Waals surface area contributed by atoms with E-state index < -0.39 is 0 Å². The molecule has 1 aliphatic heterocycles. The fraction of sp³-hybridized carbons (Fsp3) is 0.571. The van der Waals surface area contributed by atoms with Gasteiger partial charge in [-0.3, -0.25) is 9.78 Å². The van der Waals surface area contributed by atoms with E-state index in [-0.39, 0.29) is 5.91 Å². The minimum atomic E-state index is -0.0116. The predicted molar refractivity (Wildman–Crippen MR) is 71.4 cm³/mol. The van der Waals surface area contributed by atoms with E-state index in [9.17, 15) is 4.79 Å². The first kappa shape index (κ1) is 13.0. The molecule has 0 saturated carbocycles. The maximum atomic E-state index is 11.8. The Morgan fingerprint density at radius 3 is 3.00 bits per heavy atom. The fourth-order valence-electron chi connectivity index (χ4n) is 2.42. The summed E-state index contributed by atoms with van der Waals surface area (Å²) < 4.78 is 0. The second-order valence-corrected chi connectivity index (χ2v) is 5.04. The van der Waals surface area contributed by atoms with Gasteiger partial charge >= 0.3 is 0 Å². The van der Waals surface area contributed by atoms with E-state index in [4.69, 9.17) is 0 Å². The highest BCUT2D eigenvalue weighted by molar-refractivity contribution is 5.93. The van der Waals surface area contributed by atoms with Crippen molar-refractivity contribution in [3.05, 3.63) is 30.1 Å². The standard InChI is InChI=1S/C14H21N3O/c1-12-3-2-9-17(11-12)10-8-16-14(18)13-4-6-15-7-5-13/h4-7,12H,2-3,8-11H2,1H3,(H,16,18)/t12-/m0/s1. The lowest BCUT2D eigenvalue weighted by molar-refractivity contribution is 0.0943. The molecule has 0 unspecified atom stereocenters. The summed E-state index contributed by atoms with van der Waals surface area (Å²) in [6.45, 7) is 6.28. The number of hydrogen-bond acceptors (Lipinski definition) is 3. The number of carbonyl (C=O) groups excluding carboxylic acids is 1. The Morgan fingerprint density at radius 1 is 1.50 bits per heavy atom. The summed E-state index contributed by atoms with van der Waals surface area (Å²) >= 11 is 0. The Balaban J connectivity index is 1.70. The number of hydrogen-bond donors (Lipinski definition) is 1. The Hall–Kier alpha value is -1.42. The molecule has 98 valence electrons. The van der Waals surface area contributed by atoms with Crippen LogP contribution in [0.2, 0.25) is 0 Å². The van der Waals surface area contributed by atoms with Crippen molar-refractivity contribution in [3.8, 4) is 0 Å². The lowest BCUT2D eigenvalue weighted by Crippen LogP contribution is -2.40. The molecule has 2 rings (SSSR count). The fourth-order valence-corrected chi connectivity index (χ4v) is 2.42. The molecule has 4 nitrogen and oxygen atoms in total. The molecule has 0 aromatic carbocycles. The van der Waals surface area contributed by atoms with Gasteiger partial charge in [0, 0.05) is 37.6 Å². The van der Waals surface area contributed by atoms with Crippen LogP contribution in [-0.4, -0.2) is 42.0 Å². The zero-order chi connectivity index (χ0) is 12.8. The molecule has 1 fully saturated rings. The number of rotatable bonds is 4. The first-order valence-corrected chi connectivity index (χ1v) is 6.66. The van der Waals surface area contributed by atoms with Crippen molar-refractivity contribution in [3.63, 3.8) is 0 Å². The van der Waals surface area contributed by atoms with Crippen LogP contribution in [0.25, 0.3) is 0 Å². The van der Waals surface area contributed by atoms with Crippen LogP contribution < -0.4 is 5.32 Å². The number of nitrogens with one attached hydrogen (secondary N) is 1. The minimum absolute atomic E-state index is 0.0116. The highest BCUT2D eigenvalue weighted by Gasteiger charge is 2.15. The molecular weight excluding hydrogens is 226 g/mol. The minimum Gasteiger partial charge on any atom is -0.351 e. The monoisotopic (exact) mass is 247 g/mol. The van der Waals surface area contributed by atoms with Crippen LogP contribution in [0.15, 0.2) is 24.5 Å². The van der Waals surface area contributed by atoms with Crippen LogP contribution in [0.4, 0.5) is 0 Å². The van der Waals surface area contributed by atoms with Gasteiger partial charge in [-0.2, -0.15) is 0 Å². The van der Waals surface area contributed by atoms with Crippen molar-refractivity contribution in [2.75, 3.05) is 26.2 Å². The Kier molecular flexibility index (Phi) is 4.70. The largest absolute Gasteiger partial charge is 0.351 e. The SMILES string of the molecule is C[C@H]1CCCN(CCNC(=O)c2ccncc2)C1. The summed E-state index contributed by atoms with van der Waals surface area (Å²) in [7, 11) is 0. The summed E-state index contributed by atoms with van der Waals surface area (Å²) in [5.41, 5.74) is 0.678. The zero-order valence-electron chi connectivity index (χ0n) is 10.9. The highest BCUT2D eigenvalue weighted by Crippen LogP contribution is 2.14. The molecule has 0 aliphatic carbocycles. The van der Waals surface area contributed by atoms with E-state index in [1.54, 1.807) is 24.5 Å². The van der Waals surface area contributed by atoms with Gasteiger partial charge in [-0.1, -0.05) is 6.92 Å². The molecule has 1 aromatic heterocycles. The molecular formula is C14H21N3O. The summed E-state index contributed by atoms with van der Waals surface area (Å²) in [5.74, 6) is 0.775. The summed E-state index contributed by atoms with van der Waals surface area (Å²) in [6.07, 6.45) is 5.89. The number of pyridine rings is 1. The molecule has 2 heterocycles. The Morgan fingerprint density at radius 2 is 2.28 bits per heavy atom. The van der Waals surface area contributed by atoms with E-state index in [1.165, 1.54) is 12.8 Å². The molecule has 1 aromatic rings. The molecule has 0 spiro atoms. The van der Waals surface area contributed by atoms with Gasteiger partial charge in [-0.15, -0.1) is 0 Å². The average Bonchev–Trinajstić information content (AvgIpc) is 2.40. The molecule has 0 bridgehead atoms. The van der Waals surface area contributed by atoms with Gasteiger partial charge in [-0.25, -0.2) is 0 Å². The number of nitrogens with zero attached hydrogens (tertiary/aromatic N) is 2. The third-order valence-corrected chi connectivity index (χ3v) is 3.40. The van der Waals surface area contributed by atoms with Crippen molar-refractivity contribution in [1.82, 2.24) is 15.2 Å². The molecule has 1 saturated heterocycles. The highest BCUT2D eigenvalue weighted by atomic mass is 16.1. The van der Waals surface area contributed by atoms with Crippen molar-refractivity contribution < 1.29 is 4.79 Å². The van der Waals surface area contributed by atoms with E-state index >= 15 is 0 Å². The molecule has 1 atom stereocenters. The van der Waals surface area contributed by atoms with Gasteiger partial charge < -0.3 is 10.2 Å². The second-order valence-electron chi connectivity index (χ2n) is 5.04. The lowest BCUT2D eigenvalue weighted by Gasteiger charge is -2.30. The first-order chi connectivity index (χ1) is 8.75. The van der Waals surface area contributed by atoms with Crippen LogP contribution >= 0.6 is 0 Å². The second kappa shape index (κ2) is 6.50. The van der Waals surface area contributed by atoms with E-state index in [0.29, 0.717) is 12.1 Å². The van der Waals surface area contributed by atoms with Crippen LogP contribution in [0.1, 0.15) is 30.1 Å². The van der Waals surface area contributed by atoms with Crippen LogP contribution in [0.3, 0.4) is 0 Å². The van der Waals surface area contributed by atoms with Gasteiger partial charge in [0.25, 0.3) is 5.91 Å². The molecule has 1 amide bonds. The first-order valence-electron chi connectivity index (χ1n) is 6.66. The van der Waals surface area contributed by atoms with Crippen LogP contribution in [0.5, 0.6) is 0 Å². The number of amides is 1. The number of carbonyl (C=O) groups is 1. The summed E-state index contributed by atoms with van der Waals surface area (Å²) in [6, 6.07) is 3.47. The van der Waals surface area contributed by atoms with E-state index in [1.807, 2.05) is 0 Å². The van der Waals surface area contributed by atoms with Gasteiger partial charge in [0.05, 0.1) is 0 Å². The average molecular weight is 247 g/mol. The van der Waals surface area contributed by atoms with Crippen molar-refractivity contribution in [1.29, 1.82) is 0 Å². The van der Waals surface area contributed by atoms with Crippen molar-refractivity contribution in [2.45, 2.75) is 19.8 Å². The number of piperidine rings is 1. The number of likely N-dealkylation sites (tertiary alicyclic amines) is 1. The normalized spacial score (nSPS) is 20.6. The van der Waals surface area contributed by atoms with Crippen LogP contribution in [-0.2, 0) is 0 Å². The predicted octanol–water partition coefficient (Wildman–Crippen LogP) is 1.54. The molecule has 1 aliphatic rings. The van der Waals surface area contributed by atoms with Gasteiger partial charge in [0.1, 0.15) is 0 Å².